The Balaban J connectivity index is 2.68. The number of methoxy groups -OCH3 is 1. The maximum atomic E-state index is 11.2. The zero-order valence-corrected chi connectivity index (χ0v) is 7.66. The van der Waals surface area contributed by atoms with Crippen LogP contribution in [0.2, 0.25) is 0 Å². The summed E-state index contributed by atoms with van der Waals surface area (Å²) in [6.45, 7) is 4.00. The SMILES string of the molecule is C=CC(=O)N1CCCC1C(=O)OC. The fourth-order valence-corrected chi connectivity index (χ4v) is 1.53. The van der Waals surface area contributed by atoms with E-state index in [9.17, 15) is 9.59 Å². The van der Waals surface area contributed by atoms with Gasteiger partial charge in [0.05, 0.1) is 7.11 Å². The third kappa shape index (κ3) is 1.88. The molecule has 1 fully saturated rings. The molecule has 72 valence electrons. The van der Waals surface area contributed by atoms with Crippen LogP contribution in [0.1, 0.15) is 12.8 Å². The van der Waals surface area contributed by atoms with E-state index in [1.165, 1.54) is 18.1 Å². The Kier molecular flexibility index (Phi) is 3.06. The van der Waals surface area contributed by atoms with Crippen molar-refractivity contribution in [2.75, 3.05) is 13.7 Å². The molecule has 1 aliphatic rings. The predicted octanol–water partition coefficient (Wildman–Crippen LogP) is 0.336. The van der Waals surface area contributed by atoms with Crippen molar-refractivity contribution in [3.8, 4) is 0 Å². The number of nitrogens with zero attached hydrogens (tertiary/aromatic N) is 1. The lowest BCUT2D eigenvalue weighted by Gasteiger charge is -2.20. The Morgan fingerprint density at radius 1 is 1.62 bits per heavy atom. The first-order chi connectivity index (χ1) is 6.20. The van der Waals surface area contributed by atoms with Crippen LogP contribution in [-0.2, 0) is 14.3 Å². The molecule has 1 saturated heterocycles. The molecular formula is C9H13NO3. The standard InChI is InChI=1S/C9H13NO3/c1-3-8(11)10-6-4-5-7(10)9(12)13-2/h3,7H,1,4-6H2,2H3. The van der Waals surface area contributed by atoms with Crippen molar-refractivity contribution >= 4 is 11.9 Å². The molecule has 0 aliphatic carbocycles. The Bertz CT molecular complexity index is 237. The third-order valence-electron chi connectivity index (χ3n) is 2.18. The van der Waals surface area contributed by atoms with E-state index in [-0.39, 0.29) is 11.9 Å². The summed E-state index contributed by atoms with van der Waals surface area (Å²) >= 11 is 0. The van der Waals surface area contributed by atoms with Crippen molar-refractivity contribution < 1.29 is 14.3 Å². The molecule has 0 aromatic rings. The zero-order valence-electron chi connectivity index (χ0n) is 7.66. The highest BCUT2D eigenvalue weighted by Gasteiger charge is 2.33. The molecule has 1 aliphatic heterocycles. The van der Waals surface area contributed by atoms with Crippen LogP contribution < -0.4 is 0 Å². The number of likely N-dealkylation sites (tertiary alicyclic amines) is 1. The van der Waals surface area contributed by atoms with E-state index in [1.807, 2.05) is 0 Å². The third-order valence-corrected chi connectivity index (χ3v) is 2.18. The second kappa shape index (κ2) is 4.07. The van der Waals surface area contributed by atoms with Crippen molar-refractivity contribution in [3.63, 3.8) is 0 Å². The van der Waals surface area contributed by atoms with Crippen LogP contribution in [0.5, 0.6) is 0 Å². The summed E-state index contributed by atoms with van der Waals surface area (Å²) in [6.07, 6.45) is 2.76. The highest BCUT2D eigenvalue weighted by atomic mass is 16.5. The van der Waals surface area contributed by atoms with Crippen LogP contribution in [0.25, 0.3) is 0 Å². The average molecular weight is 183 g/mol. The summed E-state index contributed by atoms with van der Waals surface area (Å²) in [4.78, 5) is 23.9. The van der Waals surface area contributed by atoms with Crippen molar-refractivity contribution in [1.29, 1.82) is 0 Å². The number of amides is 1. The maximum absolute atomic E-state index is 11.2. The summed E-state index contributed by atoms with van der Waals surface area (Å²) in [7, 11) is 1.33. The fraction of sp³-hybridized carbons (Fsp3) is 0.556. The molecule has 13 heavy (non-hydrogen) atoms. The maximum Gasteiger partial charge on any atom is 0.328 e. The van der Waals surface area contributed by atoms with E-state index < -0.39 is 6.04 Å². The van der Waals surface area contributed by atoms with E-state index in [4.69, 9.17) is 0 Å². The van der Waals surface area contributed by atoms with Gasteiger partial charge in [-0.25, -0.2) is 4.79 Å². The van der Waals surface area contributed by atoms with Gasteiger partial charge < -0.3 is 9.64 Å². The average Bonchev–Trinajstić information content (AvgIpc) is 2.63. The molecule has 0 aromatic carbocycles. The lowest BCUT2D eigenvalue weighted by atomic mass is 10.2. The van der Waals surface area contributed by atoms with E-state index >= 15 is 0 Å². The molecule has 1 atom stereocenters. The number of carbonyl (C=O) groups is 2. The minimum absolute atomic E-state index is 0.201. The summed E-state index contributed by atoms with van der Waals surface area (Å²) in [5.41, 5.74) is 0. The van der Waals surface area contributed by atoms with Crippen molar-refractivity contribution in [2.45, 2.75) is 18.9 Å². The topological polar surface area (TPSA) is 46.6 Å². The van der Waals surface area contributed by atoms with Gasteiger partial charge >= 0.3 is 5.97 Å². The molecule has 0 aromatic heterocycles. The van der Waals surface area contributed by atoms with Gasteiger partial charge in [-0.05, 0) is 18.9 Å². The molecule has 0 radical (unpaired) electrons. The predicted molar refractivity (Wildman–Crippen MR) is 46.9 cm³/mol. The second-order valence-electron chi connectivity index (χ2n) is 2.92. The first kappa shape index (κ1) is 9.77. The van der Waals surface area contributed by atoms with Crippen LogP contribution in [0.3, 0.4) is 0 Å². The summed E-state index contributed by atoms with van der Waals surface area (Å²) < 4.78 is 4.59. The molecule has 0 bridgehead atoms. The second-order valence-corrected chi connectivity index (χ2v) is 2.92. The van der Waals surface area contributed by atoms with E-state index in [0.717, 1.165) is 6.42 Å². The highest BCUT2D eigenvalue weighted by molar-refractivity contribution is 5.91. The van der Waals surface area contributed by atoms with Crippen LogP contribution in [0, 0.1) is 0 Å². The Morgan fingerprint density at radius 2 is 2.31 bits per heavy atom. The lowest BCUT2D eigenvalue weighted by Crippen LogP contribution is -2.40. The first-order valence-corrected chi connectivity index (χ1v) is 4.21. The molecule has 4 nitrogen and oxygen atoms in total. The minimum Gasteiger partial charge on any atom is -0.467 e. The number of ether oxygens (including phenoxy) is 1. The normalized spacial score (nSPS) is 21.3. The Morgan fingerprint density at radius 3 is 2.85 bits per heavy atom. The summed E-state index contributed by atoms with van der Waals surface area (Å²) in [5, 5.41) is 0. The van der Waals surface area contributed by atoms with Gasteiger partial charge in [0.2, 0.25) is 5.91 Å². The van der Waals surface area contributed by atoms with Gasteiger partial charge in [-0.1, -0.05) is 6.58 Å². The van der Waals surface area contributed by atoms with Crippen LogP contribution in [-0.4, -0.2) is 36.5 Å². The van der Waals surface area contributed by atoms with E-state index in [0.29, 0.717) is 13.0 Å². The van der Waals surface area contributed by atoms with Gasteiger partial charge in [-0.3, -0.25) is 4.79 Å². The summed E-state index contributed by atoms with van der Waals surface area (Å²) in [6, 6.07) is -0.407. The van der Waals surface area contributed by atoms with Gasteiger partial charge in [0.15, 0.2) is 0 Å². The molecule has 1 unspecified atom stereocenters. The van der Waals surface area contributed by atoms with E-state index in [1.54, 1.807) is 0 Å². The summed E-state index contributed by atoms with van der Waals surface area (Å²) in [5.74, 6) is -0.541. The van der Waals surface area contributed by atoms with Crippen LogP contribution >= 0.6 is 0 Å². The van der Waals surface area contributed by atoms with Crippen molar-refractivity contribution in [1.82, 2.24) is 4.90 Å². The van der Waals surface area contributed by atoms with Crippen molar-refractivity contribution in [2.24, 2.45) is 0 Å². The molecule has 0 spiro atoms. The molecular weight excluding hydrogens is 170 g/mol. The minimum atomic E-state index is -0.407. The molecule has 0 N–H and O–H groups in total. The molecule has 1 amide bonds. The van der Waals surface area contributed by atoms with Crippen molar-refractivity contribution in [3.05, 3.63) is 12.7 Å². The van der Waals surface area contributed by atoms with Gasteiger partial charge in [-0.15, -0.1) is 0 Å². The molecule has 0 saturated carbocycles. The van der Waals surface area contributed by atoms with Gasteiger partial charge in [0, 0.05) is 6.54 Å². The Labute approximate surface area is 77.2 Å². The van der Waals surface area contributed by atoms with Crippen LogP contribution in [0.4, 0.5) is 0 Å². The largest absolute Gasteiger partial charge is 0.467 e. The molecule has 4 heteroatoms. The van der Waals surface area contributed by atoms with Crippen LogP contribution in [0.15, 0.2) is 12.7 Å². The number of rotatable bonds is 2. The fourth-order valence-electron chi connectivity index (χ4n) is 1.53. The monoisotopic (exact) mass is 183 g/mol. The highest BCUT2D eigenvalue weighted by Crippen LogP contribution is 2.18. The number of hydrogen-bond acceptors (Lipinski definition) is 3. The van der Waals surface area contributed by atoms with E-state index in [2.05, 4.69) is 11.3 Å². The smallest absolute Gasteiger partial charge is 0.328 e. The molecule has 1 rings (SSSR count). The zero-order chi connectivity index (χ0) is 9.84. The van der Waals surface area contributed by atoms with Gasteiger partial charge in [0.25, 0.3) is 0 Å². The number of esters is 1. The molecule has 1 heterocycles. The first-order valence-electron chi connectivity index (χ1n) is 4.21. The number of hydrogen-bond donors (Lipinski definition) is 0. The lowest BCUT2D eigenvalue weighted by molar-refractivity contribution is -0.149. The Hall–Kier alpha value is -1.32. The van der Waals surface area contributed by atoms with Gasteiger partial charge in [0.1, 0.15) is 6.04 Å². The quantitative estimate of drug-likeness (QED) is 0.458. The van der Waals surface area contributed by atoms with Gasteiger partial charge in [-0.2, -0.15) is 0 Å². The number of carbonyl (C=O) groups excluding carboxylic acids is 2.